The molecule has 0 aromatic heterocycles. The summed E-state index contributed by atoms with van der Waals surface area (Å²) in [6.45, 7) is 2.33. The van der Waals surface area contributed by atoms with Crippen LogP contribution in [-0.4, -0.2) is 141 Å². The second-order valence-corrected chi connectivity index (χ2v) is 8.49. The zero-order chi connectivity index (χ0) is 27.0. The first-order valence-electron chi connectivity index (χ1n) is 11.3. The molecule has 0 radical (unpaired) electrons. The quantitative estimate of drug-likeness (QED) is 0.0959. The number of carboxylic acids is 5. The van der Waals surface area contributed by atoms with Gasteiger partial charge < -0.3 is 30.8 Å². The fourth-order valence-electron chi connectivity index (χ4n) is 3.47. The maximum Gasteiger partial charge on any atom is 0.320 e. The summed E-state index contributed by atoms with van der Waals surface area (Å²) in [5.74, 6) is -6.08. The topological polar surface area (TPSA) is 208 Å². The van der Waals surface area contributed by atoms with Crippen LogP contribution < -0.4 is 5.32 Å². The minimum atomic E-state index is -1.24. The van der Waals surface area contributed by atoms with Gasteiger partial charge in [0.15, 0.2) is 0 Å². The van der Waals surface area contributed by atoms with Crippen LogP contribution in [0.2, 0.25) is 0 Å². The van der Waals surface area contributed by atoms with Gasteiger partial charge in [-0.3, -0.25) is 38.7 Å². The molecule has 0 aliphatic carbocycles. The lowest BCUT2D eigenvalue weighted by molar-refractivity contribution is -0.146. The summed E-state index contributed by atoms with van der Waals surface area (Å²) in [6, 6.07) is -0.715. The number of aliphatic carboxylic acids is 5. The first-order chi connectivity index (χ1) is 16.3. The van der Waals surface area contributed by atoms with Gasteiger partial charge in [0.25, 0.3) is 0 Å². The summed E-state index contributed by atoms with van der Waals surface area (Å²) < 4.78 is 0. The predicted molar refractivity (Wildman–Crippen MR) is 123 cm³/mol. The van der Waals surface area contributed by atoms with E-state index in [2.05, 4.69) is 5.32 Å². The molecule has 0 heterocycles. The van der Waals surface area contributed by atoms with Crippen LogP contribution in [0.15, 0.2) is 0 Å². The van der Waals surface area contributed by atoms with Crippen molar-refractivity contribution in [3.63, 3.8) is 0 Å². The first kappa shape index (κ1) is 32.2. The molecule has 14 nitrogen and oxygen atoms in total. The average molecular weight is 507 g/mol. The lowest BCUT2D eigenvalue weighted by Gasteiger charge is -2.32. The van der Waals surface area contributed by atoms with Crippen molar-refractivity contribution in [3.05, 3.63) is 0 Å². The van der Waals surface area contributed by atoms with E-state index >= 15 is 0 Å². The molecule has 0 rings (SSSR count). The molecule has 0 amide bonds. The van der Waals surface area contributed by atoms with Crippen molar-refractivity contribution in [2.24, 2.45) is 0 Å². The SMILES string of the molecule is CC(C)NCCCCC(C(=O)O)N(CCN(CC(=O)O)CC(=O)O)CCN(CC(=O)O)CC(=O)O. The zero-order valence-corrected chi connectivity index (χ0v) is 20.3. The maximum absolute atomic E-state index is 12.1. The first-order valence-corrected chi connectivity index (χ1v) is 11.3. The fourth-order valence-corrected chi connectivity index (χ4v) is 3.47. The number of hydrogen-bond donors (Lipinski definition) is 6. The van der Waals surface area contributed by atoms with Crippen molar-refractivity contribution in [1.29, 1.82) is 0 Å². The number of carbonyl (C=O) groups is 5. The predicted octanol–water partition coefficient (Wildman–Crippen LogP) is -1.15. The molecule has 35 heavy (non-hydrogen) atoms. The monoisotopic (exact) mass is 506 g/mol. The minimum absolute atomic E-state index is 0.00421. The highest BCUT2D eigenvalue weighted by Crippen LogP contribution is 2.11. The molecule has 0 saturated heterocycles. The molecule has 0 aromatic rings. The van der Waals surface area contributed by atoms with Crippen LogP contribution in [0.5, 0.6) is 0 Å². The van der Waals surface area contributed by atoms with E-state index in [0.717, 1.165) is 9.80 Å². The van der Waals surface area contributed by atoms with Crippen molar-refractivity contribution in [2.45, 2.75) is 45.2 Å². The van der Waals surface area contributed by atoms with Gasteiger partial charge in [-0.2, -0.15) is 0 Å². The Labute approximate surface area is 204 Å². The van der Waals surface area contributed by atoms with Gasteiger partial charge in [-0.1, -0.05) is 20.3 Å². The van der Waals surface area contributed by atoms with Crippen LogP contribution in [0.3, 0.4) is 0 Å². The van der Waals surface area contributed by atoms with Gasteiger partial charge in [0.2, 0.25) is 0 Å². The Hall–Kier alpha value is -2.81. The van der Waals surface area contributed by atoms with Gasteiger partial charge in [-0.25, -0.2) is 0 Å². The molecular formula is C21H38N4O10. The highest BCUT2D eigenvalue weighted by molar-refractivity contribution is 5.74. The molecule has 0 bridgehead atoms. The van der Waals surface area contributed by atoms with Crippen molar-refractivity contribution in [3.8, 4) is 0 Å². The van der Waals surface area contributed by atoms with Crippen LogP contribution in [0, 0.1) is 0 Å². The van der Waals surface area contributed by atoms with E-state index in [1.165, 1.54) is 4.90 Å². The van der Waals surface area contributed by atoms with E-state index < -0.39 is 62.1 Å². The Bertz CT molecular complexity index is 632. The highest BCUT2D eigenvalue weighted by Gasteiger charge is 2.27. The number of nitrogens with one attached hydrogen (secondary N) is 1. The van der Waals surface area contributed by atoms with Crippen LogP contribution in [0.1, 0.15) is 33.1 Å². The largest absolute Gasteiger partial charge is 0.480 e. The minimum Gasteiger partial charge on any atom is -0.480 e. The number of hydrogen-bond acceptors (Lipinski definition) is 9. The molecule has 1 atom stereocenters. The third kappa shape index (κ3) is 17.3. The molecule has 202 valence electrons. The van der Waals surface area contributed by atoms with Crippen LogP contribution in [0.4, 0.5) is 0 Å². The van der Waals surface area contributed by atoms with E-state index in [4.69, 9.17) is 20.4 Å². The van der Waals surface area contributed by atoms with Gasteiger partial charge in [0.05, 0.1) is 26.2 Å². The molecule has 14 heteroatoms. The zero-order valence-electron chi connectivity index (χ0n) is 20.3. The van der Waals surface area contributed by atoms with Crippen LogP contribution in [-0.2, 0) is 24.0 Å². The molecule has 0 saturated carbocycles. The van der Waals surface area contributed by atoms with E-state index in [9.17, 15) is 29.1 Å². The molecule has 0 fully saturated rings. The second kappa shape index (κ2) is 17.6. The fraction of sp³-hybridized carbons (Fsp3) is 0.762. The second-order valence-electron chi connectivity index (χ2n) is 8.49. The highest BCUT2D eigenvalue weighted by atomic mass is 16.4. The Balaban J connectivity index is 5.47. The van der Waals surface area contributed by atoms with Gasteiger partial charge in [0, 0.05) is 32.2 Å². The number of unbranched alkanes of at least 4 members (excludes halogenated alkanes) is 1. The van der Waals surface area contributed by atoms with E-state index in [0.29, 0.717) is 19.4 Å². The summed E-state index contributed by atoms with van der Waals surface area (Å²) in [6.07, 6.45) is 1.53. The van der Waals surface area contributed by atoms with Crippen molar-refractivity contribution >= 4 is 29.8 Å². The molecule has 0 aromatic carbocycles. The van der Waals surface area contributed by atoms with Gasteiger partial charge in [0.1, 0.15) is 6.04 Å². The summed E-state index contributed by atoms with van der Waals surface area (Å²) in [5, 5.41) is 49.2. The standard InChI is InChI=1S/C21H38N4O10/c1-15(2)22-6-4-3-5-16(21(34)35)25(9-7-23(11-17(26)27)12-18(28)29)10-8-24(13-19(30)31)14-20(32)33/h15-16,22H,3-14H2,1-2H3,(H,26,27)(H,28,29)(H,30,31)(H,32,33)(H,34,35). The van der Waals surface area contributed by atoms with Crippen molar-refractivity contribution in [2.75, 3.05) is 58.9 Å². The van der Waals surface area contributed by atoms with E-state index in [-0.39, 0.29) is 38.6 Å². The Morgan fingerprint density at radius 3 is 1.37 bits per heavy atom. The normalized spacial score (nSPS) is 12.4. The Kier molecular flexibility index (Phi) is 16.2. The lowest BCUT2D eigenvalue weighted by Crippen LogP contribution is -2.50. The summed E-state index contributed by atoms with van der Waals surface area (Å²) >= 11 is 0. The molecule has 0 aliphatic heterocycles. The van der Waals surface area contributed by atoms with Crippen molar-refractivity contribution < 1.29 is 49.5 Å². The number of rotatable bonds is 22. The number of carboxylic acid groups (broad SMARTS) is 5. The van der Waals surface area contributed by atoms with E-state index in [1.54, 1.807) is 0 Å². The Morgan fingerprint density at radius 1 is 0.657 bits per heavy atom. The van der Waals surface area contributed by atoms with Crippen LogP contribution >= 0.6 is 0 Å². The molecular weight excluding hydrogens is 468 g/mol. The molecule has 0 aliphatic rings. The van der Waals surface area contributed by atoms with Crippen LogP contribution in [0.25, 0.3) is 0 Å². The van der Waals surface area contributed by atoms with Gasteiger partial charge in [-0.15, -0.1) is 0 Å². The Morgan fingerprint density at radius 2 is 1.06 bits per heavy atom. The third-order valence-electron chi connectivity index (χ3n) is 5.03. The molecule has 1 unspecified atom stereocenters. The summed E-state index contributed by atoms with van der Waals surface area (Å²) in [4.78, 5) is 60.2. The third-order valence-corrected chi connectivity index (χ3v) is 5.03. The van der Waals surface area contributed by atoms with E-state index in [1.807, 2.05) is 13.8 Å². The maximum atomic E-state index is 12.1. The van der Waals surface area contributed by atoms with Gasteiger partial charge in [-0.05, 0) is 19.4 Å². The average Bonchev–Trinajstić information content (AvgIpc) is 2.68. The summed E-state index contributed by atoms with van der Waals surface area (Å²) in [5.41, 5.74) is 0. The van der Waals surface area contributed by atoms with Gasteiger partial charge >= 0.3 is 29.8 Å². The molecule has 6 N–H and O–H groups in total. The molecule has 0 spiro atoms. The number of nitrogens with zero attached hydrogens (tertiary/aromatic N) is 3. The lowest BCUT2D eigenvalue weighted by atomic mass is 10.1. The van der Waals surface area contributed by atoms with Crippen molar-refractivity contribution in [1.82, 2.24) is 20.0 Å². The smallest absolute Gasteiger partial charge is 0.320 e. The summed E-state index contributed by atoms with van der Waals surface area (Å²) in [7, 11) is 0.